The Morgan fingerprint density at radius 1 is 0.935 bits per heavy atom. The second-order valence-electron chi connectivity index (χ2n) is 7.82. The maximum Gasteiger partial charge on any atom is 0.327 e. The van der Waals surface area contributed by atoms with Crippen molar-refractivity contribution in [3.8, 4) is 0 Å². The van der Waals surface area contributed by atoms with Crippen LogP contribution in [0, 0.1) is 10.1 Å². The van der Waals surface area contributed by atoms with Gasteiger partial charge in [0.1, 0.15) is 11.6 Å². The summed E-state index contributed by atoms with van der Waals surface area (Å²) in [6, 6.07) is 26.3. The molecule has 1 heterocycles. The Balaban J connectivity index is 1.93. The number of hydrogen-bond acceptors (Lipinski definition) is 5. The molecule has 0 saturated carbocycles. The molecule has 0 aliphatic carbocycles. The maximum absolute atomic E-state index is 13.4. The summed E-state index contributed by atoms with van der Waals surface area (Å²) < 4.78 is 5.25. The summed E-state index contributed by atoms with van der Waals surface area (Å²) in [6.07, 6.45) is 0.272. The molecule has 3 aromatic rings. The summed E-state index contributed by atoms with van der Waals surface area (Å²) in [6.45, 7) is 0. The van der Waals surface area contributed by atoms with E-state index in [2.05, 4.69) is 5.32 Å². The molecule has 0 amide bonds. The first-order chi connectivity index (χ1) is 15.1. The zero-order chi connectivity index (χ0) is 21.8. The predicted octanol–water partition coefficient (Wildman–Crippen LogP) is 3.91. The van der Waals surface area contributed by atoms with Crippen LogP contribution in [0.2, 0.25) is 0 Å². The van der Waals surface area contributed by atoms with E-state index in [9.17, 15) is 14.9 Å². The number of ether oxygens (including phenoxy) is 1. The highest BCUT2D eigenvalue weighted by atomic mass is 16.6. The third-order valence-electron chi connectivity index (χ3n) is 6.06. The van der Waals surface area contributed by atoms with Crippen LogP contribution in [-0.2, 0) is 16.0 Å². The smallest absolute Gasteiger partial charge is 0.327 e. The van der Waals surface area contributed by atoms with Gasteiger partial charge in [-0.1, -0.05) is 91.0 Å². The van der Waals surface area contributed by atoms with Crippen molar-refractivity contribution in [3.05, 3.63) is 118 Å². The number of esters is 1. The lowest BCUT2D eigenvalue weighted by Gasteiger charge is -2.33. The van der Waals surface area contributed by atoms with Gasteiger partial charge in [-0.3, -0.25) is 20.2 Å². The average molecular weight is 416 g/mol. The largest absolute Gasteiger partial charge is 0.468 e. The second-order valence-corrected chi connectivity index (χ2v) is 7.82. The number of nitro groups is 1. The van der Waals surface area contributed by atoms with Crippen LogP contribution < -0.4 is 5.32 Å². The third kappa shape index (κ3) is 3.82. The Bertz CT molecular complexity index is 1040. The first-order valence-electron chi connectivity index (χ1n) is 10.2. The minimum atomic E-state index is -1.30. The lowest BCUT2D eigenvalue weighted by atomic mass is 9.74. The molecule has 0 spiro atoms. The van der Waals surface area contributed by atoms with E-state index in [1.54, 1.807) is 0 Å². The minimum absolute atomic E-state index is 0.266. The molecule has 4 atom stereocenters. The summed E-state index contributed by atoms with van der Waals surface area (Å²) in [7, 11) is 1.33. The molecule has 1 N–H and O–H groups in total. The molecule has 1 aliphatic rings. The van der Waals surface area contributed by atoms with Crippen LogP contribution in [-0.4, -0.2) is 29.6 Å². The second kappa shape index (κ2) is 8.70. The average Bonchev–Trinajstić information content (AvgIpc) is 3.16. The van der Waals surface area contributed by atoms with Crippen molar-refractivity contribution in [3.63, 3.8) is 0 Å². The van der Waals surface area contributed by atoms with Crippen LogP contribution in [0.4, 0.5) is 0 Å². The topological polar surface area (TPSA) is 81.5 Å². The van der Waals surface area contributed by atoms with Gasteiger partial charge in [0.15, 0.2) is 0 Å². The van der Waals surface area contributed by atoms with Crippen molar-refractivity contribution in [2.45, 2.75) is 30.0 Å². The molecule has 31 heavy (non-hydrogen) atoms. The van der Waals surface area contributed by atoms with E-state index in [0.29, 0.717) is 0 Å². The van der Waals surface area contributed by atoms with Crippen molar-refractivity contribution < 1.29 is 14.5 Å². The Hall–Kier alpha value is -3.51. The van der Waals surface area contributed by atoms with Gasteiger partial charge in [0.2, 0.25) is 6.04 Å². The van der Waals surface area contributed by atoms with Crippen LogP contribution in [0.25, 0.3) is 0 Å². The van der Waals surface area contributed by atoms with E-state index in [0.717, 1.165) is 16.7 Å². The number of methoxy groups -OCH3 is 1. The molecular weight excluding hydrogens is 392 g/mol. The molecule has 158 valence electrons. The van der Waals surface area contributed by atoms with E-state index in [1.807, 2.05) is 91.0 Å². The van der Waals surface area contributed by atoms with Gasteiger partial charge in [0.25, 0.3) is 0 Å². The number of rotatable bonds is 6. The number of nitrogens with one attached hydrogen (secondary N) is 1. The molecule has 0 bridgehead atoms. The van der Waals surface area contributed by atoms with E-state index < -0.39 is 29.5 Å². The first kappa shape index (κ1) is 20.8. The van der Waals surface area contributed by atoms with Crippen molar-refractivity contribution >= 4 is 5.97 Å². The molecule has 1 fully saturated rings. The van der Waals surface area contributed by atoms with Gasteiger partial charge in [-0.2, -0.15) is 0 Å². The van der Waals surface area contributed by atoms with Crippen molar-refractivity contribution in [1.82, 2.24) is 5.32 Å². The Morgan fingerprint density at radius 3 is 1.97 bits per heavy atom. The number of benzene rings is 3. The number of carbonyl (C=O) groups excluding carboxylic acids is 1. The highest BCUT2D eigenvalue weighted by Gasteiger charge is 2.64. The first-order valence-corrected chi connectivity index (χ1v) is 10.2. The van der Waals surface area contributed by atoms with E-state index in [4.69, 9.17) is 4.74 Å². The molecule has 1 saturated heterocycles. The summed E-state index contributed by atoms with van der Waals surface area (Å²) in [5, 5.41) is 15.8. The van der Waals surface area contributed by atoms with Gasteiger partial charge in [-0.15, -0.1) is 0 Å². The number of hydrogen-bond donors (Lipinski definition) is 1. The van der Waals surface area contributed by atoms with E-state index in [1.165, 1.54) is 7.11 Å². The molecular formula is C25H24N2O4. The van der Waals surface area contributed by atoms with Gasteiger partial charge < -0.3 is 4.74 Å². The normalized spacial score (nSPS) is 25.1. The Labute approximate surface area is 181 Å². The molecule has 6 nitrogen and oxygen atoms in total. The van der Waals surface area contributed by atoms with Crippen LogP contribution in [0.5, 0.6) is 0 Å². The van der Waals surface area contributed by atoms with Gasteiger partial charge >= 0.3 is 5.97 Å². The summed E-state index contributed by atoms with van der Waals surface area (Å²) >= 11 is 0. The fourth-order valence-electron chi connectivity index (χ4n) is 4.78. The Morgan fingerprint density at radius 2 is 1.45 bits per heavy atom. The highest BCUT2D eigenvalue weighted by molar-refractivity contribution is 5.84. The molecule has 6 heteroatoms. The van der Waals surface area contributed by atoms with Crippen molar-refractivity contribution in [2.24, 2.45) is 0 Å². The third-order valence-corrected chi connectivity index (χ3v) is 6.06. The summed E-state index contributed by atoms with van der Waals surface area (Å²) in [4.78, 5) is 25.5. The molecule has 0 aromatic heterocycles. The van der Waals surface area contributed by atoms with Gasteiger partial charge in [-0.25, -0.2) is 0 Å². The van der Waals surface area contributed by atoms with Crippen molar-refractivity contribution in [2.75, 3.05) is 7.11 Å². The van der Waals surface area contributed by atoms with Crippen LogP contribution in [0.15, 0.2) is 91.0 Å². The lowest BCUT2D eigenvalue weighted by molar-refractivity contribution is -0.527. The summed E-state index contributed by atoms with van der Waals surface area (Å²) in [5.41, 5.74) is 1.10. The molecule has 0 radical (unpaired) electrons. The van der Waals surface area contributed by atoms with Gasteiger partial charge in [0.05, 0.1) is 13.0 Å². The lowest BCUT2D eigenvalue weighted by Crippen LogP contribution is -2.54. The van der Waals surface area contributed by atoms with Crippen LogP contribution >= 0.6 is 0 Å². The van der Waals surface area contributed by atoms with Gasteiger partial charge in [0, 0.05) is 11.3 Å². The number of nitrogens with zero attached hydrogens (tertiary/aromatic N) is 1. The molecule has 3 aromatic carbocycles. The highest BCUT2D eigenvalue weighted by Crippen LogP contribution is 2.48. The SMILES string of the molecule is COC(=O)[C@@]1(Cc2ccccc2)N[C@@H](c2ccccc2)[C@H]([N+](=O)[O-])[C@H]1c1ccccc1. The molecule has 1 aliphatic heterocycles. The minimum Gasteiger partial charge on any atom is -0.468 e. The van der Waals surface area contributed by atoms with Crippen LogP contribution in [0.1, 0.15) is 28.7 Å². The zero-order valence-electron chi connectivity index (χ0n) is 17.2. The van der Waals surface area contributed by atoms with Gasteiger partial charge in [-0.05, 0) is 16.7 Å². The zero-order valence-corrected chi connectivity index (χ0v) is 17.2. The standard InChI is InChI=1S/C25H24N2O4/c1-31-24(28)25(17-18-11-5-2-6-12-18)21(19-13-7-3-8-14-19)23(27(29)30)22(26-25)20-15-9-4-10-16-20/h2-16,21-23,26H,17H2,1H3/t21-,22+,23-,25+/m1/s1. The molecule has 0 unspecified atom stereocenters. The maximum atomic E-state index is 13.4. The number of carbonyl (C=O) groups is 1. The molecule has 4 rings (SSSR count). The van der Waals surface area contributed by atoms with E-state index in [-0.39, 0.29) is 11.3 Å². The fourth-order valence-corrected chi connectivity index (χ4v) is 4.78. The monoisotopic (exact) mass is 416 g/mol. The summed E-state index contributed by atoms with van der Waals surface area (Å²) in [5.74, 6) is -1.22. The van der Waals surface area contributed by atoms with Crippen molar-refractivity contribution in [1.29, 1.82) is 0 Å². The van der Waals surface area contributed by atoms with Crippen LogP contribution in [0.3, 0.4) is 0 Å². The Kier molecular flexibility index (Phi) is 5.82. The van der Waals surface area contributed by atoms with E-state index >= 15 is 0 Å². The fraction of sp³-hybridized carbons (Fsp3) is 0.240. The predicted molar refractivity (Wildman–Crippen MR) is 117 cm³/mol. The quantitative estimate of drug-likeness (QED) is 0.374.